The number of hydrogen-bond acceptors (Lipinski definition) is 3. The second kappa shape index (κ2) is 6.55. The molecule has 3 rings (SSSR count). The third-order valence-corrected chi connectivity index (χ3v) is 5.66. The fourth-order valence-electron chi connectivity index (χ4n) is 2.99. The van der Waals surface area contributed by atoms with E-state index < -0.39 is 28.9 Å². The first-order chi connectivity index (χ1) is 11.4. The van der Waals surface area contributed by atoms with Crippen LogP contribution in [0.15, 0.2) is 12.1 Å². The molecule has 1 heterocycles. The van der Waals surface area contributed by atoms with Gasteiger partial charge in [-0.1, -0.05) is 6.92 Å². The molecule has 0 N–H and O–H groups in total. The lowest BCUT2D eigenvalue weighted by Crippen LogP contribution is -2.33. The molecule has 7 heteroatoms. The van der Waals surface area contributed by atoms with Gasteiger partial charge in [0.1, 0.15) is 0 Å². The minimum absolute atomic E-state index is 0.216. The minimum atomic E-state index is -1.62. The third-order valence-electron chi connectivity index (χ3n) is 4.32. The number of hydrogen-bond donors (Lipinski definition) is 0. The molecule has 0 saturated carbocycles. The lowest BCUT2D eigenvalue weighted by Gasteiger charge is -2.30. The Hall–Kier alpha value is -1.89. The van der Waals surface area contributed by atoms with Crippen molar-refractivity contribution in [1.29, 1.82) is 0 Å². The SMILES string of the molecule is CCc1nc2c(s1)[C@@H](N(C)C(=O)c1ccc(F)c(F)c1F)CCC2. The number of aryl methyl sites for hydroxylation is 2. The van der Waals surface area contributed by atoms with Crippen molar-refractivity contribution in [3.63, 3.8) is 0 Å². The molecule has 1 atom stereocenters. The van der Waals surface area contributed by atoms with Crippen LogP contribution in [-0.2, 0) is 12.8 Å². The van der Waals surface area contributed by atoms with E-state index in [1.807, 2.05) is 6.92 Å². The summed E-state index contributed by atoms with van der Waals surface area (Å²) in [6, 6.07) is 1.54. The summed E-state index contributed by atoms with van der Waals surface area (Å²) in [7, 11) is 1.56. The Morgan fingerprint density at radius 3 is 2.79 bits per heavy atom. The summed E-state index contributed by atoms with van der Waals surface area (Å²) in [4.78, 5) is 19.6. The van der Waals surface area contributed by atoms with Crippen molar-refractivity contribution in [2.75, 3.05) is 7.05 Å². The molecule has 1 amide bonds. The van der Waals surface area contributed by atoms with Gasteiger partial charge in [0.05, 0.1) is 27.2 Å². The molecule has 128 valence electrons. The molecule has 0 spiro atoms. The lowest BCUT2D eigenvalue weighted by molar-refractivity contribution is 0.0711. The number of aromatic nitrogens is 1. The summed E-state index contributed by atoms with van der Waals surface area (Å²) in [6.45, 7) is 2.02. The van der Waals surface area contributed by atoms with Crippen LogP contribution in [0.25, 0.3) is 0 Å². The van der Waals surface area contributed by atoms with Crippen molar-refractivity contribution in [2.24, 2.45) is 0 Å². The zero-order valence-electron chi connectivity index (χ0n) is 13.4. The van der Waals surface area contributed by atoms with Crippen molar-refractivity contribution >= 4 is 17.2 Å². The predicted molar refractivity (Wildman–Crippen MR) is 85.6 cm³/mol. The molecule has 0 aliphatic heterocycles. The Labute approximate surface area is 142 Å². The predicted octanol–water partition coefficient (Wildman–Crippen LogP) is 4.27. The van der Waals surface area contributed by atoms with Gasteiger partial charge in [-0.3, -0.25) is 4.79 Å². The highest BCUT2D eigenvalue weighted by Crippen LogP contribution is 2.38. The second-order valence-corrected chi connectivity index (χ2v) is 6.93. The molecule has 0 unspecified atom stereocenters. The Bertz CT molecular complexity index is 790. The van der Waals surface area contributed by atoms with Crippen molar-refractivity contribution < 1.29 is 18.0 Å². The van der Waals surface area contributed by atoms with Crippen LogP contribution < -0.4 is 0 Å². The number of nitrogens with zero attached hydrogens (tertiary/aromatic N) is 2. The number of benzene rings is 1. The van der Waals surface area contributed by atoms with E-state index in [0.29, 0.717) is 0 Å². The average Bonchev–Trinajstić information content (AvgIpc) is 3.02. The first kappa shape index (κ1) is 17.0. The molecule has 0 bridgehead atoms. The highest BCUT2D eigenvalue weighted by Gasteiger charge is 2.32. The largest absolute Gasteiger partial charge is 0.334 e. The van der Waals surface area contributed by atoms with Crippen molar-refractivity contribution in [1.82, 2.24) is 9.88 Å². The van der Waals surface area contributed by atoms with Crippen molar-refractivity contribution in [3.05, 3.63) is 50.7 Å². The molecule has 1 aliphatic carbocycles. The summed E-state index contributed by atoms with van der Waals surface area (Å²) < 4.78 is 40.4. The van der Waals surface area contributed by atoms with Gasteiger partial charge < -0.3 is 4.90 Å². The lowest BCUT2D eigenvalue weighted by atomic mass is 9.96. The van der Waals surface area contributed by atoms with Gasteiger partial charge in [-0.25, -0.2) is 18.2 Å². The molecular formula is C17H17F3N2OS. The second-order valence-electron chi connectivity index (χ2n) is 5.82. The Morgan fingerprint density at radius 1 is 1.33 bits per heavy atom. The molecule has 1 aromatic heterocycles. The van der Waals surface area contributed by atoms with Crippen LogP contribution in [0.1, 0.15) is 51.7 Å². The minimum Gasteiger partial charge on any atom is -0.334 e. The van der Waals surface area contributed by atoms with Crippen LogP contribution in [-0.4, -0.2) is 22.8 Å². The Morgan fingerprint density at radius 2 is 2.08 bits per heavy atom. The average molecular weight is 354 g/mol. The van der Waals surface area contributed by atoms with E-state index in [0.717, 1.165) is 53.4 Å². The topological polar surface area (TPSA) is 33.2 Å². The molecule has 1 aromatic carbocycles. The summed E-state index contributed by atoms with van der Waals surface area (Å²) in [5.74, 6) is -5.02. The molecular weight excluding hydrogens is 337 g/mol. The van der Waals surface area contributed by atoms with E-state index in [4.69, 9.17) is 0 Å². The van der Waals surface area contributed by atoms with Crippen LogP contribution in [0.3, 0.4) is 0 Å². The van der Waals surface area contributed by atoms with Crippen LogP contribution >= 0.6 is 11.3 Å². The number of thiazole rings is 1. The van der Waals surface area contributed by atoms with E-state index in [2.05, 4.69) is 4.98 Å². The molecule has 0 fully saturated rings. The maximum atomic E-state index is 13.9. The van der Waals surface area contributed by atoms with Gasteiger partial charge in [-0.15, -0.1) is 11.3 Å². The molecule has 0 radical (unpaired) electrons. The summed E-state index contributed by atoms with van der Waals surface area (Å²) in [6.07, 6.45) is 3.30. The van der Waals surface area contributed by atoms with Gasteiger partial charge in [-0.05, 0) is 37.8 Å². The van der Waals surface area contributed by atoms with Crippen molar-refractivity contribution in [3.8, 4) is 0 Å². The summed E-state index contributed by atoms with van der Waals surface area (Å²) in [5.41, 5.74) is 0.530. The first-order valence-electron chi connectivity index (χ1n) is 7.83. The molecule has 3 nitrogen and oxygen atoms in total. The number of halogens is 3. The highest BCUT2D eigenvalue weighted by molar-refractivity contribution is 7.11. The first-order valence-corrected chi connectivity index (χ1v) is 8.64. The standard InChI is InChI=1S/C17H17F3N2OS/c1-3-13-21-11-5-4-6-12(16(11)24-13)22(2)17(23)9-7-8-10(18)15(20)14(9)19/h7-8,12H,3-6H2,1-2H3/t12-/m0/s1. The van der Waals surface area contributed by atoms with E-state index in [9.17, 15) is 18.0 Å². The molecule has 2 aromatic rings. The zero-order chi connectivity index (χ0) is 17.4. The van der Waals surface area contributed by atoms with Gasteiger partial charge in [0, 0.05) is 7.05 Å². The molecule has 0 saturated heterocycles. The van der Waals surface area contributed by atoms with Crippen LogP contribution in [0.4, 0.5) is 13.2 Å². The number of rotatable bonds is 3. The van der Waals surface area contributed by atoms with Gasteiger partial charge in [0.2, 0.25) is 0 Å². The fourth-order valence-corrected chi connectivity index (χ4v) is 4.22. The van der Waals surface area contributed by atoms with Crippen LogP contribution in [0, 0.1) is 17.5 Å². The summed E-state index contributed by atoms with van der Waals surface area (Å²) >= 11 is 1.56. The highest BCUT2D eigenvalue weighted by atomic mass is 32.1. The maximum absolute atomic E-state index is 13.9. The van der Waals surface area contributed by atoms with Crippen LogP contribution in [0.5, 0.6) is 0 Å². The number of carbonyl (C=O) groups is 1. The number of amides is 1. The Kier molecular flexibility index (Phi) is 4.62. The van der Waals surface area contributed by atoms with Gasteiger partial charge in [0.15, 0.2) is 17.5 Å². The Balaban J connectivity index is 1.93. The number of fused-ring (bicyclic) bond motifs is 1. The number of carbonyl (C=O) groups excluding carboxylic acids is 1. The van der Waals surface area contributed by atoms with E-state index in [-0.39, 0.29) is 6.04 Å². The molecule has 24 heavy (non-hydrogen) atoms. The molecule has 1 aliphatic rings. The van der Waals surface area contributed by atoms with Crippen LogP contribution in [0.2, 0.25) is 0 Å². The monoisotopic (exact) mass is 354 g/mol. The zero-order valence-corrected chi connectivity index (χ0v) is 14.2. The third kappa shape index (κ3) is 2.81. The van der Waals surface area contributed by atoms with E-state index in [1.54, 1.807) is 18.4 Å². The van der Waals surface area contributed by atoms with Gasteiger partial charge in [0.25, 0.3) is 5.91 Å². The van der Waals surface area contributed by atoms with Crippen molar-refractivity contribution in [2.45, 2.75) is 38.6 Å². The van der Waals surface area contributed by atoms with E-state index >= 15 is 0 Å². The normalized spacial score (nSPS) is 16.8. The maximum Gasteiger partial charge on any atom is 0.257 e. The van der Waals surface area contributed by atoms with Gasteiger partial charge in [-0.2, -0.15) is 0 Å². The summed E-state index contributed by atoms with van der Waals surface area (Å²) in [5, 5.41) is 1.01. The van der Waals surface area contributed by atoms with E-state index in [1.165, 1.54) is 4.90 Å². The quantitative estimate of drug-likeness (QED) is 0.771. The van der Waals surface area contributed by atoms with Gasteiger partial charge >= 0.3 is 0 Å². The smallest absolute Gasteiger partial charge is 0.257 e. The fraction of sp³-hybridized carbons (Fsp3) is 0.412.